The monoisotopic (exact) mass is 1720 g/mol. The number of urea groups is 1. The van der Waals surface area contributed by atoms with Crippen LogP contribution in [-0.4, -0.2) is 230 Å². The number of fused-ring (bicyclic) bond motifs is 2. The molecule has 5 aromatic heterocycles. The summed E-state index contributed by atoms with van der Waals surface area (Å²) >= 11 is 1.54. The number of ether oxygens (including phenoxy) is 5. The molecule has 7 aliphatic rings. The van der Waals surface area contributed by atoms with Crippen LogP contribution in [0, 0.1) is 36.0 Å². The number of amides is 8. The van der Waals surface area contributed by atoms with Crippen LogP contribution in [0.25, 0.3) is 21.3 Å². The van der Waals surface area contributed by atoms with E-state index in [2.05, 4.69) is 65.2 Å². The van der Waals surface area contributed by atoms with E-state index in [1.165, 1.54) is 29.3 Å². The van der Waals surface area contributed by atoms with Gasteiger partial charge >= 0.3 is 34.3 Å². The number of quaternary nitrogens is 1. The number of anilines is 5. The fourth-order valence-electron chi connectivity index (χ4n) is 19.0. The van der Waals surface area contributed by atoms with Crippen LogP contribution in [0.1, 0.15) is 155 Å². The van der Waals surface area contributed by atoms with Crippen molar-refractivity contribution in [1.82, 2.24) is 75.2 Å². The number of hydrogen-bond acceptors (Lipinski definition) is 26. The number of hydrogen-bond donors (Lipinski definition) is 10. The number of aliphatic carboxylic acids is 1. The lowest BCUT2D eigenvalue weighted by Gasteiger charge is -2.47. The Labute approximate surface area is 709 Å². The number of pyridine rings is 1. The highest BCUT2D eigenvalue weighted by Crippen LogP contribution is 2.78. The molecule has 38 nitrogen and oxygen atoms in total. The van der Waals surface area contributed by atoms with Crippen LogP contribution in [0.3, 0.4) is 0 Å². The fourth-order valence-corrected chi connectivity index (χ4v) is 20.6. The van der Waals surface area contributed by atoms with Gasteiger partial charge in [-0.3, -0.25) is 38.3 Å². The Kier molecular flexibility index (Phi) is 27.5. The molecule has 5 fully saturated rings. The minimum absolute atomic E-state index is 0.00883. The summed E-state index contributed by atoms with van der Waals surface area (Å²) in [4.78, 5) is 129. The molecule has 3 aliphatic heterocycles. The third kappa shape index (κ3) is 20.8. The predicted molar refractivity (Wildman–Crippen MR) is 445 cm³/mol. The van der Waals surface area contributed by atoms with Crippen molar-refractivity contribution in [3.8, 4) is 11.1 Å². The number of carboxylic acid groups (broad SMARTS) is 2. The highest BCUT2D eigenvalue weighted by Gasteiger charge is 2.74. The fraction of sp³-hybridized carbons (Fsp3) is 0.537. The number of rotatable bonds is 43. The first kappa shape index (κ1) is 88.8. The van der Waals surface area contributed by atoms with Crippen LogP contribution in [-0.2, 0) is 95.4 Å². The maximum absolute atomic E-state index is 14.7. The molecule has 7 aromatic rings. The Morgan fingerprint density at radius 3 is 2.35 bits per heavy atom. The number of benzene rings is 2. The number of nitrogens with one attached hydrogen (secondary N) is 7. The predicted octanol–water partition coefficient (Wildman–Crippen LogP) is 6.92. The average Bonchev–Trinajstić information content (AvgIpc) is 1.50. The van der Waals surface area contributed by atoms with Gasteiger partial charge in [0, 0.05) is 104 Å². The van der Waals surface area contributed by atoms with Gasteiger partial charge < -0.3 is 75.6 Å². The highest BCUT2D eigenvalue weighted by atomic mass is 32.2. The second kappa shape index (κ2) is 37.8. The lowest BCUT2D eigenvalue weighted by Crippen LogP contribution is -2.54. The zero-order valence-corrected chi connectivity index (χ0v) is 71.1. The van der Waals surface area contributed by atoms with Gasteiger partial charge in [-0.05, 0) is 136 Å². The summed E-state index contributed by atoms with van der Waals surface area (Å²) in [6.07, 6.45) is 11.7. The van der Waals surface area contributed by atoms with Gasteiger partial charge in [0.25, 0.3) is 11.8 Å². The van der Waals surface area contributed by atoms with Gasteiger partial charge in [-0.15, -0.1) is 15.3 Å². The molecule has 1 saturated heterocycles. The minimum Gasteiger partial charge on any atom is -0.481 e. The summed E-state index contributed by atoms with van der Waals surface area (Å²) in [5, 5.41) is 58.7. The van der Waals surface area contributed by atoms with Gasteiger partial charge in [-0.1, -0.05) is 62.4 Å². The van der Waals surface area contributed by atoms with Crippen molar-refractivity contribution >= 4 is 114 Å². The Bertz CT molecular complexity index is 5200. The molecule has 4 saturated carbocycles. The second-order valence-electron chi connectivity index (χ2n) is 33.8. The molecule has 0 spiro atoms. The number of methoxy groups -OCH3 is 1. The van der Waals surface area contributed by atoms with Crippen LogP contribution >= 0.6 is 11.3 Å². The van der Waals surface area contributed by atoms with Crippen molar-refractivity contribution < 1.29 is 89.9 Å². The molecule has 0 radical (unpaired) electrons. The van der Waals surface area contributed by atoms with Crippen molar-refractivity contribution in [2.24, 2.45) is 27.9 Å². The first-order chi connectivity index (χ1) is 58.2. The number of carbonyl (C=O) groups excluding carboxylic acids is 7. The first-order valence-electron chi connectivity index (χ1n) is 41.1. The number of thiazole rings is 1. The summed E-state index contributed by atoms with van der Waals surface area (Å²) in [6, 6.07) is 12.9. The van der Waals surface area contributed by atoms with Gasteiger partial charge in [0.2, 0.25) is 17.7 Å². The Balaban J connectivity index is 0.700. The number of carboxylic acids is 2. The van der Waals surface area contributed by atoms with Gasteiger partial charge in [0.15, 0.2) is 22.5 Å². The summed E-state index contributed by atoms with van der Waals surface area (Å²) < 4.78 is 63.0. The Morgan fingerprint density at radius 2 is 1.61 bits per heavy atom. The quantitative estimate of drug-likeness (QED) is 0.0105. The van der Waals surface area contributed by atoms with Gasteiger partial charge in [-0.2, -0.15) is 18.2 Å². The van der Waals surface area contributed by atoms with E-state index in [1.54, 1.807) is 36.9 Å². The van der Waals surface area contributed by atoms with Crippen molar-refractivity contribution in [3.05, 3.63) is 118 Å². The molecule has 40 heteroatoms. The first-order valence-corrected chi connectivity index (χ1v) is 43.4. The van der Waals surface area contributed by atoms with Crippen LogP contribution in [0.5, 0.6) is 0 Å². The number of nitrogens with two attached hydrogens (primary N) is 1. The number of primary amides is 1. The summed E-state index contributed by atoms with van der Waals surface area (Å²) in [5.74, 6) is -3.94. The Morgan fingerprint density at radius 1 is 0.820 bits per heavy atom. The van der Waals surface area contributed by atoms with E-state index in [1.807, 2.05) is 61.2 Å². The largest absolute Gasteiger partial charge is 0.481 e. The summed E-state index contributed by atoms with van der Waals surface area (Å²) in [5.41, 5.74) is 11.5. The zero-order valence-electron chi connectivity index (χ0n) is 69.5. The van der Waals surface area contributed by atoms with E-state index < -0.39 is 106 Å². The van der Waals surface area contributed by atoms with Gasteiger partial charge in [0.1, 0.15) is 43.3 Å². The topological polar surface area (TPSA) is 491 Å². The van der Waals surface area contributed by atoms with E-state index in [0.717, 1.165) is 121 Å². The minimum atomic E-state index is -4.34. The molecule has 14 rings (SSSR count). The van der Waals surface area contributed by atoms with E-state index >= 15 is 0 Å². The zero-order chi connectivity index (χ0) is 86.9. The molecule has 4 bridgehead atoms. The lowest BCUT2D eigenvalue weighted by molar-refractivity contribution is -0.930. The lowest BCUT2D eigenvalue weighted by atomic mass is 9.65. The molecule has 654 valence electrons. The molecule has 2 aromatic carbocycles. The standard InChI is InChI=1S/C82H106N20O18S2/c1-50(2)69(91-65(103)24-32-117-34-28-99-66(104)22-23-67(99)105)74(109)88-62(16-12-25-84-76(83)112)73(108)87-55-19-18-53(54(36-55)41-118-42-56-39-100(97-93-56)57(37-68(106)107)43-119-78(113)96-122(114,115)86-26-33-116-7)40-102(29-10-11-30-102)31-35-120-82-46-79(5)44-80(6,47-82)81(45-79,48-82)49-101-52(4)60(38-85-101)59-20-21-64(90-70(59)75(110)111)98-27-13-14-58-51(3)71(94-95-72(58)98)92-77-89-61-15-8-9-17-63(61)121-77/h8-9,15,17-23,36,38-39,50,57,62,69,86H,10-14,16,24-35,37,40-49H2,1-7H3,(H9-,83,84,87,88,89,91,92,94,96,103,106,107,108,109,110,111,112,113)/p+1/t57-,62-,69-,79?,80?,81?,82?/m0/s1. The van der Waals surface area contributed by atoms with Crippen LogP contribution in [0.4, 0.5) is 37.9 Å². The number of aromatic nitrogens is 9. The van der Waals surface area contributed by atoms with Crippen LogP contribution < -0.4 is 46.7 Å². The highest BCUT2D eigenvalue weighted by molar-refractivity contribution is 7.88. The molecule has 11 N–H and O–H groups in total. The number of aromatic carboxylic acids is 1. The third-order valence-corrected chi connectivity index (χ3v) is 26.3. The molecule has 122 heavy (non-hydrogen) atoms. The number of likely N-dealkylation sites (tertiary alicyclic amines) is 1. The van der Waals surface area contributed by atoms with E-state index in [4.69, 9.17) is 49.6 Å². The smallest absolute Gasteiger partial charge is 0.421 e. The maximum atomic E-state index is 14.7. The number of carbonyl (C=O) groups is 9. The van der Waals surface area contributed by atoms with Crippen LogP contribution in [0.15, 0.2) is 79.1 Å². The summed E-state index contributed by atoms with van der Waals surface area (Å²) in [7, 11) is -2.98. The SMILES string of the molecule is COCCNS(=O)(=O)NC(=O)OC[C@H](CC(=O)O)n1cc(COCc2cc(NC(=O)[C@H](CCCNC(N)=O)NC(=O)[C@@H](NC(=O)CCOCCN3C(=O)C=CC3=O)C(C)C)ccc2C[N+]2(CCOC34CC5(C)CC(C)(C3)C(Cn3ncc(-c6ccc(N7CCCc8c7nnc(Nc7nc9ccccc9s7)c8C)nc6C(=O)O)c3C)(C5)C4)CCCC2)nn1. The van der Waals surface area contributed by atoms with E-state index in [-0.39, 0.29) is 99.6 Å². The maximum Gasteiger partial charge on any atom is 0.421 e. The molecule has 4 unspecified atom stereocenters. The molecule has 8 amide bonds. The van der Waals surface area contributed by atoms with Gasteiger partial charge in [-0.25, -0.2) is 33.8 Å². The van der Waals surface area contributed by atoms with Crippen LogP contribution in [0.2, 0.25) is 0 Å². The average molecular weight is 1730 g/mol. The van der Waals surface area contributed by atoms with Crippen molar-refractivity contribution in [1.29, 1.82) is 0 Å². The Hall–Kier alpha value is -11.0. The summed E-state index contributed by atoms with van der Waals surface area (Å²) in [6.45, 7) is 15.8. The van der Waals surface area contributed by atoms with Crippen molar-refractivity contribution in [2.45, 2.75) is 175 Å². The molecule has 4 aliphatic carbocycles. The third-order valence-electron chi connectivity index (χ3n) is 24.3. The van der Waals surface area contributed by atoms with Crippen molar-refractivity contribution in [2.75, 3.05) is 101 Å². The number of nitrogens with zero attached hydrogens (tertiary/aromatic N) is 12. The molecular weight excluding hydrogens is 1620 g/mol. The van der Waals surface area contributed by atoms with E-state index in [0.29, 0.717) is 82.2 Å². The molecule has 7 atom stereocenters. The number of para-hydroxylation sites is 1. The normalized spacial score (nSPS) is 20.8. The number of imide groups is 1. The van der Waals surface area contributed by atoms with E-state index in [9.17, 15) is 61.8 Å². The van der Waals surface area contributed by atoms with Gasteiger partial charge in [0.05, 0.1) is 99.9 Å². The second-order valence-corrected chi connectivity index (χ2v) is 36.3. The molecule has 8 heterocycles. The molecular formula is C82H107N20O18S2+. The van der Waals surface area contributed by atoms with Crippen molar-refractivity contribution in [3.63, 3.8) is 0 Å².